The highest BCUT2D eigenvalue weighted by Crippen LogP contribution is 2.44. The van der Waals surface area contributed by atoms with E-state index >= 15 is 0 Å². The molecule has 2 aromatic rings. The molecule has 2 aliphatic carbocycles. The zero-order valence-electron chi connectivity index (χ0n) is 21.0. The molecule has 190 valence electrons. The molecule has 9 heteroatoms. The lowest BCUT2D eigenvalue weighted by atomic mass is 9.78. The Kier molecular flexibility index (Phi) is 5.49. The topological polar surface area (TPSA) is 89.5 Å². The first-order valence-corrected chi connectivity index (χ1v) is 13.8. The van der Waals surface area contributed by atoms with Gasteiger partial charge in [-0.1, -0.05) is 19.3 Å². The van der Waals surface area contributed by atoms with Crippen LogP contribution in [0.3, 0.4) is 0 Å². The number of pyridine rings is 1. The van der Waals surface area contributed by atoms with E-state index in [0.29, 0.717) is 18.9 Å². The van der Waals surface area contributed by atoms with Gasteiger partial charge in [0.2, 0.25) is 11.9 Å². The van der Waals surface area contributed by atoms with E-state index in [9.17, 15) is 4.79 Å². The van der Waals surface area contributed by atoms with Crippen LogP contribution in [0.25, 0.3) is 0 Å². The summed E-state index contributed by atoms with van der Waals surface area (Å²) in [4.78, 5) is 34.3. The average Bonchev–Trinajstić information content (AvgIpc) is 3.64. The molecule has 36 heavy (non-hydrogen) atoms. The summed E-state index contributed by atoms with van der Waals surface area (Å²) < 4.78 is 0. The number of nitrogens with one attached hydrogen (secondary N) is 2. The van der Waals surface area contributed by atoms with Crippen LogP contribution in [0.2, 0.25) is 0 Å². The second kappa shape index (κ2) is 8.87. The number of anilines is 4. The van der Waals surface area contributed by atoms with Crippen LogP contribution >= 0.6 is 0 Å². The van der Waals surface area contributed by atoms with Crippen molar-refractivity contribution >= 4 is 29.2 Å². The summed E-state index contributed by atoms with van der Waals surface area (Å²) in [7, 11) is 0. The number of hydrogen-bond acceptors (Lipinski definition) is 8. The minimum atomic E-state index is -0.168. The van der Waals surface area contributed by atoms with Crippen LogP contribution in [0.1, 0.15) is 50.5 Å². The summed E-state index contributed by atoms with van der Waals surface area (Å²) in [6.45, 7) is 6.38. The van der Waals surface area contributed by atoms with Crippen molar-refractivity contribution in [3.8, 4) is 0 Å². The van der Waals surface area contributed by atoms with Gasteiger partial charge < -0.3 is 20.4 Å². The summed E-state index contributed by atoms with van der Waals surface area (Å²) in [6.07, 6.45) is 13.3. The van der Waals surface area contributed by atoms with Gasteiger partial charge in [0.15, 0.2) is 0 Å². The molecule has 5 aliphatic rings. The largest absolute Gasteiger partial charge is 0.368 e. The van der Waals surface area contributed by atoms with E-state index in [0.717, 1.165) is 62.1 Å². The van der Waals surface area contributed by atoms with Crippen LogP contribution < -0.4 is 20.4 Å². The van der Waals surface area contributed by atoms with Gasteiger partial charge >= 0.3 is 0 Å². The number of carbonyl (C=O) groups is 1. The van der Waals surface area contributed by atoms with Gasteiger partial charge in [0.1, 0.15) is 17.7 Å². The van der Waals surface area contributed by atoms with E-state index in [4.69, 9.17) is 4.98 Å². The fraction of sp³-hybridized carbons (Fsp3) is 0.630. The van der Waals surface area contributed by atoms with Crippen molar-refractivity contribution in [2.75, 3.05) is 54.4 Å². The third-order valence-electron chi connectivity index (χ3n) is 8.92. The van der Waals surface area contributed by atoms with E-state index in [-0.39, 0.29) is 17.5 Å². The van der Waals surface area contributed by atoms with E-state index in [2.05, 4.69) is 41.4 Å². The minimum absolute atomic E-state index is 0.0176. The standard InChI is InChI=1S/C27H36N8O/c36-25-22-14-20-15-29-26(32-24(20)35(22)27(18-30-25)8-2-1-3-9-27)31-23-7-6-21(16-28-23)34-12-10-33(11-13-34)17-19-4-5-19/h6-7,15-16,19,22H,1-5,8-14,17-18H2,(H,30,36)(H,28,29,31,32). The number of rotatable bonds is 5. The quantitative estimate of drug-likeness (QED) is 0.664. The monoisotopic (exact) mass is 488 g/mol. The van der Waals surface area contributed by atoms with Gasteiger partial charge in [0.25, 0.3) is 0 Å². The zero-order chi connectivity index (χ0) is 24.1. The molecule has 5 heterocycles. The molecule has 3 aliphatic heterocycles. The van der Waals surface area contributed by atoms with Crippen molar-refractivity contribution in [3.05, 3.63) is 30.1 Å². The first-order chi connectivity index (χ1) is 17.7. The lowest BCUT2D eigenvalue weighted by Crippen LogP contribution is -2.67. The smallest absolute Gasteiger partial charge is 0.243 e. The molecule has 1 atom stereocenters. The number of aromatic nitrogens is 3. The fourth-order valence-corrected chi connectivity index (χ4v) is 6.72. The number of amides is 1. The van der Waals surface area contributed by atoms with Crippen LogP contribution in [-0.2, 0) is 11.2 Å². The molecule has 0 bridgehead atoms. The number of piperazine rings is 2. The molecule has 2 N–H and O–H groups in total. The van der Waals surface area contributed by atoms with Crippen molar-refractivity contribution in [3.63, 3.8) is 0 Å². The van der Waals surface area contributed by atoms with Crippen LogP contribution in [0, 0.1) is 5.92 Å². The number of carbonyl (C=O) groups excluding carboxylic acids is 1. The van der Waals surface area contributed by atoms with Gasteiger partial charge in [-0.15, -0.1) is 0 Å². The number of nitrogens with zero attached hydrogens (tertiary/aromatic N) is 6. The zero-order valence-corrected chi connectivity index (χ0v) is 21.0. The third kappa shape index (κ3) is 4.07. The van der Waals surface area contributed by atoms with Gasteiger partial charge in [-0.05, 0) is 43.7 Å². The summed E-state index contributed by atoms with van der Waals surface area (Å²) >= 11 is 0. The van der Waals surface area contributed by atoms with Crippen molar-refractivity contribution in [1.29, 1.82) is 0 Å². The Morgan fingerprint density at radius 3 is 2.61 bits per heavy atom. The Morgan fingerprint density at radius 1 is 1.03 bits per heavy atom. The molecule has 4 fully saturated rings. The van der Waals surface area contributed by atoms with Crippen LogP contribution in [0.4, 0.5) is 23.3 Å². The highest BCUT2D eigenvalue weighted by Gasteiger charge is 2.51. The Balaban J connectivity index is 1.05. The van der Waals surface area contributed by atoms with Crippen molar-refractivity contribution < 1.29 is 4.79 Å². The molecule has 1 unspecified atom stereocenters. The van der Waals surface area contributed by atoms with Gasteiger partial charge in [-0.2, -0.15) is 4.98 Å². The predicted octanol–water partition coefficient (Wildman–Crippen LogP) is 2.71. The Labute approximate surface area is 212 Å². The van der Waals surface area contributed by atoms with Crippen LogP contribution in [0.5, 0.6) is 0 Å². The van der Waals surface area contributed by atoms with Gasteiger partial charge in [-0.3, -0.25) is 9.69 Å². The summed E-state index contributed by atoms with van der Waals surface area (Å²) in [5, 5.41) is 6.50. The molecular formula is C27H36N8O. The number of hydrogen-bond donors (Lipinski definition) is 2. The first-order valence-electron chi connectivity index (χ1n) is 13.8. The second-order valence-electron chi connectivity index (χ2n) is 11.4. The Bertz CT molecular complexity index is 1120. The molecule has 1 spiro atoms. The van der Waals surface area contributed by atoms with E-state index < -0.39 is 0 Å². The van der Waals surface area contributed by atoms with Gasteiger partial charge in [0, 0.05) is 57.4 Å². The average molecular weight is 489 g/mol. The van der Waals surface area contributed by atoms with Crippen molar-refractivity contribution in [2.45, 2.75) is 62.9 Å². The Hall–Kier alpha value is -2.94. The highest BCUT2D eigenvalue weighted by atomic mass is 16.2. The van der Waals surface area contributed by atoms with Crippen LogP contribution in [-0.4, -0.2) is 76.6 Å². The molecule has 0 radical (unpaired) electrons. The number of fused-ring (bicyclic) bond motifs is 4. The SMILES string of the molecule is O=C1NCC2(CCCCC2)N2c3nc(Nc4ccc(N5CCN(CC6CC6)CC5)cn4)ncc3CC12. The normalized spacial score (nSPS) is 25.4. The Morgan fingerprint density at radius 2 is 1.86 bits per heavy atom. The van der Waals surface area contributed by atoms with Gasteiger partial charge in [0.05, 0.1) is 17.4 Å². The maximum atomic E-state index is 12.7. The van der Waals surface area contributed by atoms with E-state index in [1.165, 1.54) is 44.3 Å². The molecule has 7 rings (SSSR count). The lowest BCUT2D eigenvalue weighted by Gasteiger charge is -2.51. The maximum absolute atomic E-state index is 12.7. The van der Waals surface area contributed by atoms with E-state index in [1.807, 2.05) is 18.5 Å². The predicted molar refractivity (Wildman–Crippen MR) is 140 cm³/mol. The maximum Gasteiger partial charge on any atom is 0.243 e. The molecule has 2 aromatic heterocycles. The molecular weight excluding hydrogens is 452 g/mol. The first kappa shape index (κ1) is 22.3. The lowest BCUT2D eigenvalue weighted by molar-refractivity contribution is -0.124. The minimum Gasteiger partial charge on any atom is -0.368 e. The van der Waals surface area contributed by atoms with Gasteiger partial charge in [-0.25, -0.2) is 9.97 Å². The summed E-state index contributed by atoms with van der Waals surface area (Å²) in [5.41, 5.74) is 2.22. The highest BCUT2D eigenvalue weighted by molar-refractivity contribution is 5.90. The van der Waals surface area contributed by atoms with E-state index in [1.54, 1.807) is 0 Å². The molecule has 0 aromatic carbocycles. The van der Waals surface area contributed by atoms with Crippen LogP contribution in [0.15, 0.2) is 24.5 Å². The molecule has 9 nitrogen and oxygen atoms in total. The summed E-state index contributed by atoms with van der Waals surface area (Å²) in [6, 6.07) is 3.99. The molecule has 2 saturated heterocycles. The fourth-order valence-electron chi connectivity index (χ4n) is 6.72. The second-order valence-corrected chi connectivity index (χ2v) is 11.4. The van der Waals surface area contributed by atoms with Crippen molar-refractivity contribution in [1.82, 2.24) is 25.2 Å². The molecule has 2 saturated carbocycles. The summed E-state index contributed by atoms with van der Waals surface area (Å²) in [5.74, 6) is 3.28. The molecule has 1 amide bonds. The van der Waals surface area contributed by atoms with Crippen molar-refractivity contribution in [2.24, 2.45) is 5.92 Å². The third-order valence-corrected chi connectivity index (χ3v) is 8.92.